The molecule has 1 fully saturated rings. The lowest BCUT2D eigenvalue weighted by Crippen LogP contribution is -2.39. The van der Waals surface area contributed by atoms with Crippen LogP contribution in [0.3, 0.4) is 0 Å². The number of anilines is 1. The first kappa shape index (κ1) is 16.0. The molecule has 124 valence electrons. The Labute approximate surface area is 136 Å². The molecule has 5 nitrogen and oxygen atoms in total. The molecule has 0 aliphatic carbocycles. The quantitative estimate of drug-likeness (QED) is 0.925. The van der Waals surface area contributed by atoms with Crippen LogP contribution in [0.25, 0.3) is 0 Å². The Kier molecular flexibility index (Phi) is 4.66. The Morgan fingerprint density at radius 1 is 1.22 bits per heavy atom. The molecule has 2 heterocycles. The van der Waals surface area contributed by atoms with Gasteiger partial charge in [-0.2, -0.15) is 0 Å². The summed E-state index contributed by atoms with van der Waals surface area (Å²) in [5.74, 6) is 0.519. The van der Waals surface area contributed by atoms with Crippen LogP contribution < -0.4 is 4.90 Å². The highest BCUT2D eigenvalue weighted by molar-refractivity contribution is 5.98. The number of aliphatic hydroxyl groups is 1. The van der Waals surface area contributed by atoms with Gasteiger partial charge in [-0.05, 0) is 48.9 Å². The number of benzene rings is 1. The van der Waals surface area contributed by atoms with E-state index < -0.39 is 0 Å². The molecule has 0 saturated carbocycles. The van der Waals surface area contributed by atoms with E-state index in [9.17, 15) is 14.7 Å². The fraction of sp³-hybridized carbons (Fsp3) is 0.556. The van der Waals surface area contributed by atoms with Gasteiger partial charge in [0.1, 0.15) is 0 Å². The molecule has 1 N–H and O–H groups in total. The zero-order valence-corrected chi connectivity index (χ0v) is 13.6. The Morgan fingerprint density at radius 2 is 1.96 bits per heavy atom. The maximum absolute atomic E-state index is 12.6. The van der Waals surface area contributed by atoms with Crippen LogP contribution in [0.4, 0.5) is 5.69 Å². The number of aliphatic hydroxyl groups excluding tert-OH is 1. The second-order valence-electron chi connectivity index (χ2n) is 6.41. The molecule has 5 heteroatoms. The van der Waals surface area contributed by atoms with E-state index in [0.717, 1.165) is 30.5 Å². The molecule has 3 rings (SSSR count). The van der Waals surface area contributed by atoms with Gasteiger partial charge in [-0.15, -0.1) is 0 Å². The molecular weight excluding hydrogens is 292 g/mol. The Morgan fingerprint density at radius 3 is 2.61 bits per heavy atom. The van der Waals surface area contributed by atoms with Gasteiger partial charge in [-0.25, -0.2) is 0 Å². The lowest BCUT2D eigenvalue weighted by molar-refractivity contribution is -0.118. The molecule has 0 atom stereocenters. The minimum atomic E-state index is 0.0597. The first-order valence-electron chi connectivity index (χ1n) is 8.47. The topological polar surface area (TPSA) is 60.9 Å². The van der Waals surface area contributed by atoms with Crippen LogP contribution in [0.2, 0.25) is 0 Å². The van der Waals surface area contributed by atoms with Crippen molar-refractivity contribution in [3.8, 4) is 0 Å². The average Bonchev–Trinajstić information content (AvgIpc) is 3.03. The highest BCUT2D eigenvalue weighted by Gasteiger charge is 2.27. The third kappa shape index (κ3) is 3.11. The minimum Gasteiger partial charge on any atom is -0.396 e. The van der Waals surface area contributed by atoms with Gasteiger partial charge in [0, 0.05) is 43.9 Å². The van der Waals surface area contributed by atoms with Crippen molar-refractivity contribution in [1.82, 2.24) is 4.90 Å². The van der Waals surface area contributed by atoms with Crippen molar-refractivity contribution in [2.45, 2.75) is 32.6 Å². The summed E-state index contributed by atoms with van der Waals surface area (Å²) in [6, 6.07) is 5.68. The van der Waals surface area contributed by atoms with Gasteiger partial charge in [0.25, 0.3) is 5.91 Å². The van der Waals surface area contributed by atoms with Crippen LogP contribution in [-0.4, -0.2) is 48.1 Å². The largest absolute Gasteiger partial charge is 0.396 e. The normalized spacial score (nSPS) is 18.2. The van der Waals surface area contributed by atoms with Crippen molar-refractivity contribution in [3.63, 3.8) is 0 Å². The molecule has 1 aromatic carbocycles. The fourth-order valence-corrected chi connectivity index (χ4v) is 3.49. The van der Waals surface area contributed by atoms with E-state index in [4.69, 9.17) is 0 Å². The molecule has 0 spiro atoms. The maximum atomic E-state index is 12.6. The van der Waals surface area contributed by atoms with Gasteiger partial charge < -0.3 is 14.9 Å². The van der Waals surface area contributed by atoms with Crippen LogP contribution in [-0.2, 0) is 11.2 Å². The van der Waals surface area contributed by atoms with E-state index >= 15 is 0 Å². The molecule has 0 bridgehead atoms. The SMILES string of the molecule is CCC(=O)N1CCc2cc(C(=O)N3CCC(CO)CC3)ccc21. The minimum absolute atomic E-state index is 0.0597. The Hall–Kier alpha value is -1.88. The van der Waals surface area contributed by atoms with Crippen LogP contribution in [0.15, 0.2) is 18.2 Å². The zero-order chi connectivity index (χ0) is 16.4. The Balaban J connectivity index is 1.73. The van der Waals surface area contributed by atoms with Crippen LogP contribution in [0.5, 0.6) is 0 Å². The first-order valence-corrected chi connectivity index (χ1v) is 8.47. The molecular formula is C18H24N2O3. The smallest absolute Gasteiger partial charge is 0.253 e. The molecule has 2 amide bonds. The highest BCUT2D eigenvalue weighted by Crippen LogP contribution is 2.30. The molecule has 0 unspecified atom stereocenters. The predicted octanol–water partition coefficient (Wildman–Crippen LogP) is 1.83. The summed E-state index contributed by atoms with van der Waals surface area (Å²) >= 11 is 0. The third-order valence-corrected chi connectivity index (χ3v) is 4.99. The summed E-state index contributed by atoms with van der Waals surface area (Å²) in [5.41, 5.74) is 2.74. The molecule has 1 saturated heterocycles. The zero-order valence-electron chi connectivity index (χ0n) is 13.6. The van der Waals surface area contributed by atoms with Gasteiger partial charge in [-0.1, -0.05) is 6.92 Å². The molecule has 2 aliphatic heterocycles. The summed E-state index contributed by atoms with van der Waals surface area (Å²) in [4.78, 5) is 28.3. The lowest BCUT2D eigenvalue weighted by Gasteiger charge is -2.31. The highest BCUT2D eigenvalue weighted by atomic mass is 16.3. The van der Waals surface area contributed by atoms with Crippen LogP contribution in [0, 0.1) is 5.92 Å². The van der Waals surface area contributed by atoms with Crippen molar-refractivity contribution >= 4 is 17.5 Å². The maximum Gasteiger partial charge on any atom is 0.253 e. The number of likely N-dealkylation sites (tertiary alicyclic amines) is 1. The second-order valence-corrected chi connectivity index (χ2v) is 6.41. The molecule has 0 aromatic heterocycles. The first-order chi connectivity index (χ1) is 11.1. The van der Waals surface area contributed by atoms with E-state index in [2.05, 4.69) is 0 Å². The second kappa shape index (κ2) is 6.71. The molecule has 2 aliphatic rings. The van der Waals surface area contributed by atoms with Crippen molar-refractivity contribution in [1.29, 1.82) is 0 Å². The van der Waals surface area contributed by atoms with Gasteiger partial charge >= 0.3 is 0 Å². The molecule has 0 radical (unpaired) electrons. The van der Waals surface area contributed by atoms with E-state index in [1.807, 2.05) is 34.9 Å². The number of rotatable bonds is 3. The van der Waals surface area contributed by atoms with Crippen molar-refractivity contribution < 1.29 is 14.7 Å². The number of fused-ring (bicyclic) bond motifs is 1. The molecule has 23 heavy (non-hydrogen) atoms. The average molecular weight is 316 g/mol. The lowest BCUT2D eigenvalue weighted by atomic mass is 9.97. The monoisotopic (exact) mass is 316 g/mol. The summed E-state index contributed by atoms with van der Waals surface area (Å²) in [7, 11) is 0. The fourth-order valence-electron chi connectivity index (χ4n) is 3.49. The van der Waals surface area contributed by atoms with Crippen molar-refractivity contribution in [2.75, 3.05) is 31.1 Å². The number of piperidine rings is 1. The van der Waals surface area contributed by atoms with E-state index in [0.29, 0.717) is 37.5 Å². The summed E-state index contributed by atoms with van der Waals surface area (Å²) in [6.07, 6.45) is 3.05. The number of nitrogens with zero attached hydrogens (tertiary/aromatic N) is 2. The van der Waals surface area contributed by atoms with Crippen molar-refractivity contribution in [2.24, 2.45) is 5.92 Å². The molecule has 1 aromatic rings. The number of hydrogen-bond donors (Lipinski definition) is 1. The van der Waals surface area contributed by atoms with Gasteiger partial charge in [0.05, 0.1) is 0 Å². The van der Waals surface area contributed by atoms with Gasteiger partial charge in [-0.3, -0.25) is 9.59 Å². The van der Waals surface area contributed by atoms with Gasteiger partial charge in [0.15, 0.2) is 0 Å². The number of carbonyl (C=O) groups is 2. The number of hydrogen-bond acceptors (Lipinski definition) is 3. The summed E-state index contributed by atoms with van der Waals surface area (Å²) < 4.78 is 0. The van der Waals surface area contributed by atoms with Crippen LogP contribution >= 0.6 is 0 Å². The summed E-state index contributed by atoms with van der Waals surface area (Å²) in [5, 5.41) is 9.19. The van der Waals surface area contributed by atoms with Crippen LogP contribution in [0.1, 0.15) is 42.1 Å². The van der Waals surface area contributed by atoms with E-state index in [1.165, 1.54) is 0 Å². The van der Waals surface area contributed by atoms with E-state index in [1.54, 1.807) is 0 Å². The number of amides is 2. The van der Waals surface area contributed by atoms with E-state index in [-0.39, 0.29) is 18.4 Å². The van der Waals surface area contributed by atoms with Crippen molar-refractivity contribution in [3.05, 3.63) is 29.3 Å². The predicted molar refractivity (Wildman–Crippen MR) is 88.5 cm³/mol. The summed E-state index contributed by atoms with van der Waals surface area (Å²) in [6.45, 7) is 4.21. The van der Waals surface area contributed by atoms with Gasteiger partial charge in [0.2, 0.25) is 5.91 Å². The standard InChI is InChI=1S/C18H24N2O3/c1-2-17(22)20-10-7-14-11-15(3-4-16(14)20)18(23)19-8-5-13(12-21)6-9-19/h3-4,11,13,21H,2,5-10,12H2,1H3. The third-order valence-electron chi connectivity index (χ3n) is 4.99. The Bertz CT molecular complexity index is 606. The number of carbonyl (C=O) groups excluding carboxylic acids is 2.